The highest BCUT2D eigenvalue weighted by Crippen LogP contribution is 2.38. The summed E-state index contributed by atoms with van der Waals surface area (Å²) in [6.07, 6.45) is 3.14. The van der Waals surface area contributed by atoms with Crippen molar-refractivity contribution in [2.45, 2.75) is 18.7 Å². The second kappa shape index (κ2) is 9.93. The molecule has 1 amide bonds. The first kappa shape index (κ1) is 24.1. The van der Waals surface area contributed by atoms with Gasteiger partial charge in [-0.05, 0) is 43.7 Å². The lowest BCUT2D eigenvalue weighted by Gasteiger charge is -2.33. The fourth-order valence-electron chi connectivity index (χ4n) is 3.62. The van der Waals surface area contributed by atoms with Crippen molar-refractivity contribution in [3.05, 3.63) is 39.6 Å². The van der Waals surface area contributed by atoms with Crippen molar-refractivity contribution in [2.75, 3.05) is 47.5 Å². The minimum atomic E-state index is -3.55. The van der Waals surface area contributed by atoms with Crippen molar-refractivity contribution < 1.29 is 27.4 Å². The predicted molar refractivity (Wildman–Crippen MR) is 124 cm³/mol. The summed E-state index contributed by atoms with van der Waals surface area (Å²) in [5.74, 6) is 1.29. The molecular formula is C22H28N2O6S2. The second-order valence-corrected chi connectivity index (χ2v) is 10.7. The lowest BCUT2D eigenvalue weighted by molar-refractivity contribution is -0.127. The Kier molecular flexibility index (Phi) is 7.47. The van der Waals surface area contributed by atoms with E-state index in [0.717, 1.165) is 15.3 Å². The van der Waals surface area contributed by atoms with Crippen LogP contribution in [0.1, 0.15) is 15.3 Å². The minimum Gasteiger partial charge on any atom is -0.493 e. The number of thiophene rings is 1. The molecule has 1 aromatic heterocycles. The number of hydrogen-bond acceptors (Lipinski definition) is 7. The normalized spacial score (nSPS) is 15.2. The minimum absolute atomic E-state index is 0.182. The van der Waals surface area contributed by atoms with E-state index in [1.54, 1.807) is 29.2 Å². The molecular weight excluding hydrogens is 452 g/mol. The third-order valence-electron chi connectivity index (χ3n) is 5.27. The summed E-state index contributed by atoms with van der Waals surface area (Å²) in [6, 6.07) is 5.22. The number of nitrogens with zero attached hydrogens (tertiary/aromatic N) is 2. The van der Waals surface area contributed by atoms with E-state index in [9.17, 15) is 13.2 Å². The summed E-state index contributed by atoms with van der Waals surface area (Å²) in [5.41, 5.74) is 0.720. The van der Waals surface area contributed by atoms with Crippen LogP contribution in [0.25, 0.3) is 6.08 Å². The Hall–Kier alpha value is -2.56. The summed E-state index contributed by atoms with van der Waals surface area (Å²) in [4.78, 5) is 16.4. The van der Waals surface area contributed by atoms with E-state index in [0.29, 0.717) is 35.2 Å². The number of carbonyl (C=O) groups is 1. The van der Waals surface area contributed by atoms with E-state index >= 15 is 0 Å². The maximum absolute atomic E-state index is 13.0. The zero-order chi connectivity index (χ0) is 23.5. The average molecular weight is 481 g/mol. The Morgan fingerprint density at radius 2 is 1.56 bits per heavy atom. The zero-order valence-corrected chi connectivity index (χ0v) is 20.5. The van der Waals surface area contributed by atoms with Crippen molar-refractivity contribution in [2.24, 2.45) is 0 Å². The van der Waals surface area contributed by atoms with Crippen molar-refractivity contribution in [3.63, 3.8) is 0 Å². The van der Waals surface area contributed by atoms with E-state index in [1.165, 1.54) is 43.0 Å². The molecule has 174 valence electrons. The molecule has 1 aliphatic rings. The molecule has 1 aromatic carbocycles. The standard InChI is InChI=1S/C22H28N2O6S2/c1-15-12-20(16(2)31-15)32(26,27)24-10-8-23(9-11-24)21(25)7-6-17-13-18(28-3)22(30-5)19(14-17)29-4/h6-7,12-14H,8-11H2,1-5H3/b7-6+. The van der Waals surface area contributed by atoms with Gasteiger partial charge in [-0.2, -0.15) is 4.31 Å². The Morgan fingerprint density at radius 3 is 2.03 bits per heavy atom. The number of carbonyl (C=O) groups excluding carboxylic acids is 1. The van der Waals surface area contributed by atoms with Crippen LogP contribution in [0, 0.1) is 13.8 Å². The molecule has 1 aliphatic heterocycles. The monoisotopic (exact) mass is 480 g/mol. The number of hydrogen-bond donors (Lipinski definition) is 0. The molecule has 1 fully saturated rings. The average Bonchev–Trinajstić information content (AvgIpc) is 3.15. The van der Waals surface area contributed by atoms with Gasteiger partial charge < -0.3 is 19.1 Å². The lowest BCUT2D eigenvalue weighted by atomic mass is 10.1. The first-order valence-electron chi connectivity index (χ1n) is 10.1. The predicted octanol–water partition coefficient (Wildman–Crippen LogP) is 2.94. The molecule has 0 radical (unpaired) electrons. The molecule has 0 N–H and O–H groups in total. The van der Waals surface area contributed by atoms with Gasteiger partial charge in [-0.25, -0.2) is 8.42 Å². The molecule has 8 nitrogen and oxygen atoms in total. The summed E-state index contributed by atoms with van der Waals surface area (Å²) in [6.45, 7) is 4.91. The molecule has 0 aliphatic carbocycles. The van der Waals surface area contributed by atoms with Gasteiger partial charge in [0, 0.05) is 42.0 Å². The van der Waals surface area contributed by atoms with Crippen molar-refractivity contribution in [1.82, 2.24) is 9.21 Å². The van der Waals surface area contributed by atoms with Crippen molar-refractivity contribution in [1.29, 1.82) is 0 Å². The molecule has 0 saturated carbocycles. The van der Waals surface area contributed by atoms with Crippen molar-refractivity contribution >= 4 is 33.3 Å². The molecule has 0 bridgehead atoms. The Balaban J connectivity index is 1.67. The van der Waals surface area contributed by atoms with Crippen LogP contribution in [-0.4, -0.2) is 71.0 Å². The summed E-state index contributed by atoms with van der Waals surface area (Å²) < 4.78 is 43.4. The molecule has 1 saturated heterocycles. The quantitative estimate of drug-likeness (QED) is 0.567. The first-order valence-corrected chi connectivity index (χ1v) is 12.3. The summed E-state index contributed by atoms with van der Waals surface area (Å²) in [5, 5.41) is 0. The van der Waals surface area contributed by atoms with Gasteiger partial charge in [0.05, 0.1) is 26.2 Å². The fourth-order valence-corrected chi connectivity index (χ4v) is 6.57. The molecule has 0 spiro atoms. The molecule has 2 aromatic rings. The smallest absolute Gasteiger partial charge is 0.246 e. The second-order valence-electron chi connectivity index (χ2n) is 7.30. The van der Waals surface area contributed by atoms with E-state index < -0.39 is 10.0 Å². The number of amides is 1. The van der Waals surface area contributed by atoms with Gasteiger partial charge in [0.2, 0.25) is 21.7 Å². The molecule has 0 unspecified atom stereocenters. The van der Waals surface area contributed by atoms with E-state index in [-0.39, 0.29) is 19.0 Å². The highest BCUT2D eigenvalue weighted by atomic mass is 32.2. The highest BCUT2D eigenvalue weighted by molar-refractivity contribution is 7.89. The molecule has 0 atom stereocenters. The van der Waals surface area contributed by atoms with Crippen LogP contribution in [0.5, 0.6) is 17.2 Å². The molecule has 3 rings (SSSR count). The van der Waals surface area contributed by atoms with E-state index in [2.05, 4.69) is 0 Å². The van der Waals surface area contributed by atoms with Gasteiger partial charge in [0.15, 0.2) is 11.5 Å². The van der Waals surface area contributed by atoms with Gasteiger partial charge in [-0.15, -0.1) is 11.3 Å². The summed E-state index contributed by atoms with van der Waals surface area (Å²) in [7, 11) is 1.04. The van der Waals surface area contributed by atoms with Crippen LogP contribution in [-0.2, 0) is 14.8 Å². The summed E-state index contributed by atoms with van der Waals surface area (Å²) >= 11 is 1.47. The fraction of sp³-hybridized carbons (Fsp3) is 0.409. The van der Waals surface area contributed by atoms with Crippen LogP contribution < -0.4 is 14.2 Å². The molecule has 10 heteroatoms. The van der Waals surface area contributed by atoms with Gasteiger partial charge >= 0.3 is 0 Å². The van der Waals surface area contributed by atoms with Crippen molar-refractivity contribution in [3.8, 4) is 17.2 Å². The highest BCUT2D eigenvalue weighted by Gasteiger charge is 2.31. The topological polar surface area (TPSA) is 85.4 Å². The first-order chi connectivity index (χ1) is 15.2. The Morgan fingerprint density at radius 1 is 0.969 bits per heavy atom. The van der Waals surface area contributed by atoms with Crippen LogP contribution in [0.15, 0.2) is 29.2 Å². The van der Waals surface area contributed by atoms with Crippen LogP contribution in [0.3, 0.4) is 0 Å². The number of methoxy groups -OCH3 is 3. The van der Waals surface area contributed by atoms with Gasteiger partial charge in [0.1, 0.15) is 0 Å². The zero-order valence-electron chi connectivity index (χ0n) is 18.9. The third kappa shape index (κ3) is 4.92. The SMILES string of the molecule is COc1cc(/C=C/C(=O)N2CCN(S(=O)(=O)c3cc(C)sc3C)CC2)cc(OC)c1OC. The molecule has 2 heterocycles. The van der Waals surface area contributed by atoms with Crippen LogP contribution in [0.2, 0.25) is 0 Å². The number of piperazine rings is 1. The Bertz CT molecular complexity index is 1090. The lowest BCUT2D eigenvalue weighted by Crippen LogP contribution is -2.50. The van der Waals surface area contributed by atoms with Gasteiger partial charge in [-0.1, -0.05) is 0 Å². The number of ether oxygens (including phenoxy) is 3. The maximum atomic E-state index is 13.0. The van der Waals surface area contributed by atoms with Crippen LogP contribution in [0.4, 0.5) is 0 Å². The Labute approximate surface area is 193 Å². The van der Waals surface area contributed by atoms with Gasteiger partial charge in [0.25, 0.3) is 0 Å². The van der Waals surface area contributed by atoms with E-state index in [1.807, 2.05) is 13.8 Å². The number of rotatable bonds is 7. The third-order valence-corrected chi connectivity index (χ3v) is 8.39. The molecule has 32 heavy (non-hydrogen) atoms. The number of aryl methyl sites for hydroxylation is 2. The van der Waals surface area contributed by atoms with Gasteiger partial charge in [-0.3, -0.25) is 4.79 Å². The van der Waals surface area contributed by atoms with Crippen LogP contribution >= 0.6 is 11.3 Å². The maximum Gasteiger partial charge on any atom is 0.246 e. The largest absolute Gasteiger partial charge is 0.493 e. The van der Waals surface area contributed by atoms with E-state index in [4.69, 9.17) is 14.2 Å². The number of benzene rings is 1. The number of sulfonamides is 1.